The van der Waals surface area contributed by atoms with E-state index in [1.807, 2.05) is 12.1 Å². The van der Waals surface area contributed by atoms with Crippen LogP contribution >= 0.6 is 0 Å². The highest BCUT2D eigenvalue weighted by Crippen LogP contribution is 2.20. The number of halogens is 1. The van der Waals surface area contributed by atoms with Crippen LogP contribution < -0.4 is 10.2 Å². The fourth-order valence-corrected chi connectivity index (χ4v) is 2.74. The van der Waals surface area contributed by atoms with Crippen LogP contribution in [0.15, 0.2) is 24.3 Å². The molecule has 0 amide bonds. The zero-order valence-corrected chi connectivity index (χ0v) is 13.5. The second-order valence-electron chi connectivity index (χ2n) is 5.48. The van der Waals surface area contributed by atoms with Crippen molar-refractivity contribution < 1.29 is 9.50 Å². The fraction of sp³-hybridized carbons (Fsp3) is 0.647. The predicted molar refractivity (Wildman–Crippen MR) is 87.3 cm³/mol. The summed E-state index contributed by atoms with van der Waals surface area (Å²) in [4.78, 5) is 2.24. The van der Waals surface area contributed by atoms with E-state index in [0.717, 1.165) is 44.6 Å². The molecular formula is C17H29FN2O. The summed E-state index contributed by atoms with van der Waals surface area (Å²) in [5.74, 6) is -0.202. The number of anilines is 1. The first-order valence-electron chi connectivity index (χ1n) is 7.97. The number of rotatable bonds is 10. The molecule has 0 spiro atoms. The van der Waals surface area contributed by atoms with E-state index in [9.17, 15) is 9.50 Å². The van der Waals surface area contributed by atoms with E-state index >= 15 is 0 Å². The topological polar surface area (TPSA) is 35.5 Å². The Morgan fingerprint density at radius 3 is 2.33 bits per heavy atom. The molecule has 0 fully saturated rings. The molecule has 1 rings (SSSR count). The third-order valence-electron chi connectivity index (χ3n) is 4.19. The van der Waals surface area contributed by atoms with E-state index in [0.29, 0.717) is 0 Å². The summed E-state index contributed by atoms with van der Waals surface area (Å²) < 4.78 is 13.0. The number of nitrogens with zero attached hydrogens (tertiary/aromatic N) is 1. The predicted octanol–water partition coefficient (Wildman–Crippen LogP) is 3.18. The van der Waals surface area contributed by atoms with Crippen molar-refractivity contribution in [3.63, 3.8) is 0 Å². The zero-order chi connectivity index (χ0) is 15.7. The van der Waals surface area contributed by atoms with Gasteiger partial charge in [0.2, 0.25) is 0 Å². The molecule has 0 aliphatic rings. The third-order valence-corrected chi connectivity index (χ3v) is 4.19. The molecule has 0 bridgehead atoms. The first-order chi connectivity index (χ1) is 10.1. The van der Waals surface area contributed by atoms with Gasteiger partial charge >= 0.3 is 0 Å². The Morgan fingerprint density at radius 2 is 1.86 bits per heavy atom. The molecule has 1 atom stereocenters. The molecule has 0 aliphatic heterocycles. The quantitative estimate of drug-likeness (QED) is 0.696. The zero-order valence-electron chi connectivity index (χ0n) is 13.5. The fourth-order valence-electron chi connectivity index (χ4n) is 2.74. The first kappa shape index (κ1) is 17.9. The lowest BCUT2D eigenvalue weighted by Gasteiger charge is -2.33. The van der Waals surface area contributed by atoms with Crippen LogP contribution in [0.5, 0.6) is 0 Å². The van der Waals surface area contributed by atoms with Gasteiger partial charge in [-0.1, -0.05) is 13.8 Å². The first-order valence-corrected chi connectivity index (χ1v) is 7.97. The van der Waals surface area contributed by atoms with Crippen molar-refractivity contribution in [1.29, 1.82) is 0 Å². The van der Waals surface area contributed by atoms with Gasteiger partial charge in [0.1, 0.15) is 5.82 Å². The number of hydrogen-bond donors (Lipinski definition) is 2. The van der Waals surface area contributed by atoms with Crippen LogP contribution in [0.2, 0.25) is 0 Å². The number of likely N-dealkylation sites (N-methyl/N-ethyl adjacent to an activating group) is 1. The van der Waals surface area contributed by atoms with Crippen LogP contribution in [0.3, 0.4) is 0 Å². The Kier molecular flexibility index (Phi) is 7.68. The van der Waals surface area contributed by atoms with E-state index in [1.54, 1.807) is 0 Å². The van der Waals surface area contributed by atoms with E-state index in [-0.39, 0.29) is 18.0 Å². The summed E-state index contributed by atoms with van der Waals surface area (Å²) in [6.45, 7) is 9.12. The highest BCUT2D eigenvalue weighted by Gasteiger charge is 2.25. The maximum absolute atomic E-state index is 13.0. The molecular weight excluding hydrogens is 267 g/mol. The molecule has 2 N–H and O–H groups in total. The standard InChI is InChI=1S/C17H29FN2O/c1-4-17(14-21,19-5-2)12-7-13-20(6-3)16-10-8-15(18)9-11-16/h8-11,19,21H,4-7,12-14H2,1-3H3. The molecule has 4 heteroatoms. The van der Waals surface area contributed by atoms with Crippen LogP contribution in [-0.4, -0.2) is 36.9 Å². The average Bonchev–Trinajstić information content (AvgIpc) is 2.52. The summed E-state index contributed by atoms with van der Waals surface area (Å²) in [7, 11) is 0. The van der Waals surface area contributed by atoms with Gasteiger partial charge in [-0.05, 0) is 57.0 Å². The number of hydrogen-bond acceptors (Lipinski definition) is 3. The maximum atomic E-state index is 13.0. The molecule has 0 saturated carbocycles. The van der Waals surface area contributed by atoms with Crippen molar-refractivity contribution in [2.24, 2.45) is 0 Å². The van der Waals surface area contributed by atoms with Gasteiger partial charge in [-0.3, -0.25) is 0 Å². The minimum Gasteiger partial charge on any atom is -0.394 e. The van der Waals surface area contributed by atoms with Crippen LogP contribution in [0.25, 0.3) is 0 Å². The van der Waals surface area contributed by atoms with Gasteiger partial charge in [0.05, 0.1) is 6.61 Å². The van der Waals surface area contributed by atoms with Crippen molar-refractivity contribution in [1.82, 2.24) is 5.32 Å². The van der Waals surface area contributed by atoms with Gasteiger partial charge in [-0.2, -0.15) is 0 Å². The molecule has 1 aromatic rings. The van der Waals surface area contributed by atoms with E-state index in [1.165, 1.54) is 12.1 Å². The van der Waals surface area contributed by atoms with Crippen LogP contribution in [0.1, 0.15) is 40.0 Å². The smallest absolute Gasteiger partial charge is 0.123 e. The van der Waals surface area contributed by atoms with Crippen molar-refractivity contribution in [3.05, 3.63) is 30.1 Å². The molecule has 0 aliphatic carbocycles. The molecule has 0 saturated heterocycles. The summed E-state index contributed by atoms with van der Waals surface area (Å²) in [6, 6.07) is 6.64. The van der Waals surface area contributed by atoms with Crippen molar-refractivity contribution >= 4 is 5.69 Å². The van der Waals surface area contributed by atoms with Crippen molar-refractivity contribution in [3.8, 4) is 0 Å². The normalized spacial score (nSPS) is 14.0. The number of aliphatic hydroxyl groups excluding tert-OH is 1. The van der Waals surface area contributed by atoms with E-state index in [2.05, 4.69) is 31.0 Å². The van der Waals surface area contributed by atoms with Crippen molar-refractivity contribution in [2.75, 3.05) is 31.1 Å². The Hall–Kier alpha value is -1.13. The minimum absolute atomic E-state index is 0.167. The maximum Gasteiger partial charge on any atom is 0.123 e. The molecule has 0 radical (unpaired) electrons. The van der Waals surface area contributed by atoms with Crippen LogP contribution in [0, 0.1) is 5.82 Å². The molecule has 0 aromatic heterocycles. The van der Waals surface area contributed by atoms with E-state index < -0.39 is 0 Å². The Balaban J connectivity index is 2.57. The molecule has 1 unspecified atom stereocenters. The Morgan fingerprint density at radius 1 is 1.19 bits per heavy atom. The summed E-state index contributed by atoms with van der Waals surface area (Å²) in [5, 5.41) is 13.1. The van der Waals surface area contributed by atoms with Crippen LogP contribution in [-0.2, 0) is 0 Å². The van der Waals surface area contributed by atoms with Gasteiger partial charge < -0.3 is 15.3 Å². The van der Waals surface area contributed by atoms with Crippen LogP contribution in [0.4, 0.5) is 10.1 Å². The van der Waals surface area contributed by atoms with Crippen molar-refractivity contribution in [2.45, 2.75) is 45.6 Å². The second-order valence-corrected chi connectivity index (χ2v) is 5.48. The highest BCUT2D eigenvalue weighted by molar-refractivity contribution is 5.45. The molecule has 21 heavy (non-hydrogen) atoms. The minimum atomic E-state index is -0.202. The van der Waals surface area contributed by atoms with Gasteiger partial charge in [0, 0.05) is 24.3 Å². The number of benzene rings is 1. The summed E-state index contributed by atoms with van der Waals surface area (Å²) >= 11 is 0. The van der Waals surface area contributed by atoms with E-state index in [4.69, 9.17) is 0 Å². The average molecular weight is 296 g/mol. The Labute approximate surface area is 128 Å². The largest absolute Gasteiger partial charge is 0.394 e. The van der Waals surface area contributed by atoms with Gasteiger partial charge in [-0.25, -0.2) is 4.39 Å². The molecule has 3 nitrogen and oxygen atoms in total. The third kappa shape index (κ3) is 5.29. The molecule has 0 heterocycles. The van der Waals surface area contributed by atoms with Gasteiger partial charge in [0.25, 0.3) is 0 Å². The van der Waals surface area contributed by atoms with Gasteiger partial charge in [0.15, 0.2) is 0 Å². The SMILES string of the molecule is CCNC(CC)(CO)CCCN(CC)c1ccc(F)cc1. The molecule has 1 aromatic carbocycles. The number of aliphatic hydroxyl groups is 1. The molecule has 120 valence electrons. The lowest BCUT2D eigenvalue weighted by molar-refractivity contribution is 0.147. The lowest BCUT2D eigenvalue weighted by atomic mass is 9.91. The second kappa shape index (κ2) is 9.00. The summed E-state index contributed by atoms with van der Waals surface area (Å²) in [6.07, 6.45) is 2.85. The highest BCUT2D eigenvalue weighted by atomic mass is 19.1. The lowest BCUT2D eigenvalue weighted by Crippen LogP contribution is -2.48. The number of nitrogens with one attached hydrogen (secondary N) is 1. The summed E-state index contributed by atoms with van der Waals surface area (Å²) in [5.41, 5.74) is 0.880. The monoisotopic (exact) mass is 296 g/mol. The van der Waals surface area contributed by atoms with Gasteiger partial charge in [-0.15, -0.1) is 0 Å². The Bertz CT molecular complexity index is 390.